The second kappa shape index (κ2) is 6.75. The van der Waals surface area contributed by atoms with E-state index < -0.39 is 5.60 Å². The number of hydrogen-bond acceptors (Lipinski definition) is 4. The smallest absolute Gasteiger partial charge is 0.137 e. The van der Waals surface area contributed by atoms with Crippen molar-refractivity contribution in [2.75, 3.05) is 7.05 Å². The molecule has 1 N–H and O–H groups in total. The van der Waals surface area contributed by atoms with Gasteiger partial charge in [-0.15, -0.1) is 0 Å². The van der Waals surface area contributed by atoms with Gasteiger partial charge >= 0.3 is 0 Å². The summed E-state index contributed by atoms with van der Waals surface area (Å²) in [7, 11) is 2.16. The van der Waals surface area contributed by atoms with Gasteiger partial charge in [0.2, 0.25) is 0 Å². The fraction of sp³-hybridized carbons (Fsp3) is 0.409. The van der Waals surface area contributed by atoms with Gasteiger partial charge in [-0.1, -0.05) is 36.4 Å². The number of nitriles is 1. The first kappa shape index (κ1) is 17.1. The molecule has 2 aliphatic heterocycles. The van der Waals surface area contributed by atoms with Gasteiger partial charge in [0.25, 0.3) is 0 Å². The summed E-state index contributed by atoms with van der Waals surface area (Å²) in [6.07, 6.45) is 3.78. The molecule has 0 spiro atoms. The molecule has 2 bridgehead atoms. The first-order valence-electron chi connectivity index (χ1n) is 9.25. The zero-order valence-electron chi connectivity index (χ0n) is 15.1. The van der Waals surface area contributed by atoms with E-state index in [9.17, 15) is 10.4 Å². The molecule has 4 heteroatoms. The first-order chi connectivity index (χ1) is 12.6. The molecule has 2 unspecified atom stereocenters. The Morgan fingerprint density at radius 3 is 2.50 bits per heavy atom. The van der Waals surface area contributed by atoms with E-state index in [1.54, 1.807) is 6.07 Å². The number of hydrogen-bond donors (Lipinski definition) is 1. The fourth-order valence-corrected chi connectivity index (χ4v) is 4.44. The largest absolute Gasteiger partial charge is 0.488 e. The van der Waals surface area contributed by atoms with Gasteiger partial charge < -0.3 is 14.7 Å². The Hall–Kier alpha value is -2.35. The van der Waals surface area contributed by atoms with Gasteiger partial charge in [0.05, 0.1) is 11.2 Å². The lowest BCUT2D eigenvalue weighted by Gasteiger charge is -2.42. The van der Waals surface area contributed by atoms with Crippen LogP contribution in [0, 0.1) is 11.3 Å². The normalized spacial score (nSPS) is 27.9. The second-order valence-corrected chi connectivity index (χ2v) is 7.59. The van der Waals surface area contributed by atoms with E-state index in [4.69, 9.17) is 4.74 Å². The van der Waals surface area contributed by atoms with Crippen molar-refractivity contribution in [2.24, 2.45) is 0 Å². The van der Waals surface area contributed by atoms with Crippen LogP contribution in [0.1, 0.15) is 42.4 Å². The molecule has 2 aromatic rings. The van der Waals surface area contributed by atoms with Crippen LogP contribution < -0.4 is 4.74 Å². The average Bonchev–Trinajstić information content (AvgIpc) is 2.89. The van der Waals surface area contributed by atoms with Crippen molar-refractivity contribution in [1.82, 2.24) is 4.90 Å². The Balaban J connectivity index is 1.59. The Labute approximate surface area is 154 Å². The Morgan fingerprint density at radius 2 is 1.85 bits per heavy atom. The van der Waals surface area contributed by atoms with Crippen LogP contribution in [0.3, 0.4) is 0 Å². The molecule has 0 aromatic heterocycles. The van der Waals surface area contributed by atoms with Gasteiger partial charge in [0.15, 0.2) is 0 Å². The summed E-state index contributed by atoms with van der Waals surface area (Å²) in [6, 6.07) is 18.5. The number of benzene rings is 2. The van der Waals surface area contributed by atoms with Crippen LogP contribution >= 0.6 is 0 Å². The Kier molecular flexibility index (Phi) is 4.44. The summed E-state index contributed by atoms with van der Waals surface area (Å²) >= 11 is 0. The number of aliphatic hydroxyl groups is 1. The molecule has 26 heavy (non-hydrogen) atoms. The van der Waals surface area contributed by atoms with Crippen molar-refractivity contribution in [3.8, 4) is 11.8 Å². The second-order valence-electron chi connectivity index (χ2n) is 7.59. The number of ether oxygens (including phenoxy) is 1. The van der Waals surface area contributed by atoms with Gasteiger partial charge in [-0.2, -0.15) is 5.26 Å². The highest BCUT2D eigenvalue weighted by Gasteiger charge is 2.46. The van der Waals surface area contributed by atoms with E-state index >= 15 is 0 Å². The molecular weight excluding hydrogens is 324 g/mol. The summed E-state index contributed by atoms with van der Waals surface area (Å²) in [5, 5.41) is 20.8. The molecule has 4 nitrogen and oxygen atoms in total. The number of rotatable bonds is 4. The Morgan fingerprint density at radius 1 is 1.15 bits per heavy atom. The van der Waals surface area contributed by atoms with Crippen LogP contribution in [-0.4, -0.2) is 29.1 Å². The van der Waals surface area contributed by atoms with E-state index in [0.29, 0.717) is 30.0 Å². The molecule has 2 fully saturated rings. The molecule has 2 aliphatic rings. The van der Waals surface area contributed by atoms with Gasteiger partial charge in [-0.05, 0) is 56.0 Å². The third-order valence-electron chi connectivity index (χ3n) is 6.01. The van der Waals surface area contributed by atoms with Crippen molar-refractivity contribution in [1.29, 1.82) is 5.26 Å². The quantitative estimate of drug-likeness (QED) is 0.917. The van der Waals surface area contributed by atoms with E-state index in [1.807, 2.05) is 42.5 Å². The van der Waals surface area contributed by atoms with Crippen LogP contribution in [0.2, 0.25) is 0 Å². The van der Waals surface area contributed by atoms with Crippen LogP contribution in [0.25, 0.3) is 0 Å². The van der Waals surface area contributed by atoms with Crippen molar-refractivity contribution >= 4 is 0 Å². The molecule has 2 aromatic carbocycles. The van der Waals surface area contributed by atoms with Crippen molar-refractivity contribution in [3.05, 3.63) is 65.2 Å². The van der Waals surface area contributed by atoms with Crippen LogP contribution in [0.5, 0.6) is 5.75 Å². The molecule has 2 heterocycles. The highest BCUT2D eigenvalue weighted by Crippen LogP contribution is 2.45. The highest BCUT2D eigenvalue weighted by molar-refractivity contribution is 5.47. The predicted octanol–water partition coefficient (Wildman–Crippen LogP) is 3.58. The molecule has 2 saturated heterocycles. The molecule has 4 rings (SSSR count). The highest BCUT2D eigenvalue weighted by atomic mass is 16.5. The first-order valence-corrected chi connectivity index (χ1v) is 9.25. The van der Waals surface area contributed by atoms with E-state index in [0.717, 1.165) is 36.8 Å². The zero-order valence-corrected chi connectivity index (χ0v) is 15.1. The van der Waals surface area contributed by atoms with Crippen LogP contribution in [-0.2, 0) is 12.2 Å². The van der Waals surface area contributed by atoms with E-state index in [2.05, 4.69) is 18.0 Å². The SMILES string of the molecule is CN1C2CCC1CC(O)(c1ccc(C#N)c(OCc3ccccc3)c1)C2. The summed E-state index contributed by atoms with van der Waals surface area (Å²) in [4.78, 5) is 2.41. The van der Waals surface area contributed by atoms with Crippen LogP contribution in [0.4, 0.5) is 0 Å². The van der Waals surface area contributed by atoms with Crippen molar-refractivity contribution < 1.29 is 9.84 Å². The minimum atomic E-state index is -0.836. The standard InChI is InChI=1S/C22H24N2O2/c1-24-19-9-10-20(24)13-22(25,12-19)18-8-7-17(14-23)21(11-18)26-15-16-5-3-2-4-6-16/h2-8,11,19-20,25H,9-10,12-13,15H2,1H3. The monoisotopic (exact) mass is 348 g/mol. The van der Waals surface area contributed by atoms with Crippen molar-refractivity contribution in [2.45, 2.75) is 50.0 Å². The molecule has 2 atom stereocenters. The molecule has 134 valence electrons. The lowest BCUT2D eigenvalue weighted by Crippen LogP contribution is -2.47. The van der Waals surface area contributed by atoms with Gasteiger partial charge in [-0.25, -0.2) is 0 Å². The molecular formula is C22H24N2O2. The fourth-order valence-electron chi connectivity index (χ4n) is 4.44. The van der Waals surface area contributed by atoms with Crippen molar-refractivity contribution in [3.63, 3.8) is 0 Å². The summed E-state index contributed by atoms with van der Waals surface area (Å²) in [5.74, 6) is 0.550. The zero-order chi connectivity index (χ0) is 18.1. The molecule has 0 saturated carbocycles. The van der Waals surface area contributed by atoms with Gasteiger partial charge in [0.1, 0.15) is 18.4 Å². The lowest BCUT2D eigenvalue weighted by molar-refractivity contribution is -0.0494. The van der Waals surface area contributed by atoms with E-state index in [-0.39, 0.29) is 0 Å². The minimum absolute atomic E-state index is 0.408. The number of nitrogens with zero attached hydrogens (tertiary/aromatic N) is 2. The number of fused-ring (bicyclic) bond motifs is 2. The topological polar surface area (TPSA) is 56.5 Å². The van der Waals surface area contributed by atoms with Gasteiger partial charge in [0, 0.05) is 12.1 Å². The maximum absolute atomic E-state index is 11.3. The summed E-state index contributed by atoms with van der Waals surface area (Å²) in [5.41, 5.74) is 1.59. The number of piperidine rings is 1. The van der Waals surface area contributed by atoms with Crippen LogP contribution in [0.15, 0.2) is 48.5 Å². The summed E-state index contributed by atoms with van der Waals surface area (Å²) in [6.45, 7) is 0.408. The third-order valence-corrected chi connectivity index (χ3v) is 6.01. The van der Waals surface area contributed by atoms with E-state index in [1.165, 1.54) is 0 Å². The maximum atomic E-state index is 11.3. The molecule has 0 amide bonds. The third kappa shape index (κ3) is 3.09. The predicted molar refractivity (Wildman–Crippen MR) is 99.6 cm³/mol. The Bertz CT molecular complexity index is 814. The maximum Gasteiger partial charge on any atom is 0.137 e. The lowest BCUT2D eigenvalue weighted by atomic mass is 9.80. The minimum Gasteiger partial charge on any atom is -0.488 e. The van der Waals surface area contributed by atoms with Gasteiger partial charge in [-0.3, -0.25) is 0 Å². The molecule has 0 aliphatic carbocycles. The average molecular weight is 348 g/mol. The summed E-state index contributed by atoms with van der Waals surface area (Å²) < 4.78 is 5.94. The molecule has 0 radical (unpaired) electrons.